The van der Waals surface area contributed by atoms with E-state index in [1.807, 2.05) is 24.3 Å². The van der Waals surface area contributed by atoms with Gasteiger partial charge in [-0.2, -0.15) is 0 Å². The van der Waals surface area contributed by atoms with Crippen LogP contribution in [0.3, 0.4) is 0 Å². The topological polar surface area (TPSA) is 107 Å². The van der Waals surface area contributed by atoms with Gasteiger partial charge in [0.2, 0.25) is 10.0 Å². The van der Waals surface area contributed by atoms with Crippen LogP contribution in [0.25, 0.3) is 0 Å². The van der Waals surface area contributed by atoms with Gasteiger partial charge in [0.25, 0.3) is 5.91 Å². The van der Waals surface area contributed by atoms with Crippen molar-refractivity contribution >= 4 is 27.6 Å². The Hall–Kier alpha value is -2.78. The zero-order chi connectivity index (χ0) is 19.6. The van der Waals surface area contributed by atoms with Crippen molar-refractivity contribution in [3.8, 4) is 0 Å². The molecule has 0 aliphatic carbocycles. The monoisotopic (exact) mass is 392 g/mol. The van der Waals surface area contributed by atoms with Gasteiger partial charge in [0.1, 0.15) is 5.82 Å². The number of ether oxygens (including phenoxy) is 1. The Bertz CT molecular complexity index is 1010. The maximum absolute atomic E-state index is 13.9. The van der Waals surface area contributed by atoms with E-state index in [1.165, 1.54) is 4.90 Å². The molecular weight excluding hydrogens is 375 g/mol. The number of nitrogens with zero attached hydrogens (tertiary/aromatic N) is 1. The van der Waals surface area contributed by atoms with Crippen LogP contribution in [-0.2, 0) is 26.0 Å². The number of esters is 1. The maximum atomic E-state index is 13.9. The van der Waals surface area contributed by atoms with Crippen molar-refractivity contribution in [2.45, 2.75) is 17.7 Å². The van der Waals surface area contributed by atoms with Crippen LogP contribution < -0.4 is 10.0 Å². The average molecular weight is 392 g/mol. The number of aryl methyl sites for hydroxylation is 1. The molecule has 3 rings (SSSR count). The Balaban J connectivity index is 1.73. The van der Waals surface area contributed by atoms with E-state index in [1.54, 1.807) is 0 Å². The van der Waals surface area contributed by atoms with E-state index in [9.17, 15) is 22.4 Å². The first-order valence-corrected chi connectivity index (χ1v) is 9.70. The molecule has 1 aliphatic rings. The fourth-order valence-corrected chi connectivity index (χ4v) is 3.45. The minimum absolute atomic E-state index is 0.424. The average Bonchev–Trinajstić information content (AvgIpc) is 2.64. The van der Waals surface area contributed by atoms with Gasteiger partial charge in [-0.3, -0.25) is 4.79 Å². The molecule has 1 heterocycles. The van der Waals surface area contributed by atoms with E-state index in [2.05, 4.69) is 0 Å². The van der Waals surface area contributed by atoms with Crippen molar-refractivity contribution in [1.82, 2.24) is 0 Å². The third-order valence-electron chi connectivity index (χ3n) is 4.22. The fraction of sp³-hybridized carbons (Fsp3) is 0.222. The summed E-state index contributed by atoms with van der Waals surface area (Å²) in [5.74, 6) is -2.56. The van der Waals surface area contributed by atoms with E-state index < -0.39 is 44.8 Å². The molecule has 0 radical (unpaired) electrons. The number of nitrogens with two attached hydrogens (primary N) is 1. The van der Waals surface area contributed by atoms with Gasteiger partial charge in [-0.15, -0.1) is 0 Å². The Morgan fingerprint density at radius 2 is 1.93 bits per heavy atom. The molecule has 142 valence electrons. The molecule has 0 spiro atoms. The van der Waals surface area contributed by atoms with Gasteiger partial charge in [0.15, 0.2) is 6.61 Å². The van der Waals surface area contributed by atoms with Crippen molar-refractivity contribution in [2.24, 2.45) is 5.14 Å². The van der Waals surface area contributed by atoms with E-state index in [0.29, 0.717) is 6.54 Å². The van der Waals surface area contributed by atoms with Gasteiger partial charge in [-0.25, -0.2) is 22.7 Å². The summed E-state index contributed by atoms with van der Waals surface area (Å²) in [6, 6.07) is 9.96. The highest BCUT2D eigenvalue weighted by Crippen LogP contribution is 2.26. The molecule has 0 atom stereocenters. The van der Waals surface area contributed by atoms with Crippen molar-refractivity contribution in [3.63, 3.8) is 0 Å². The smallest absolute Gasteiger partial charge is 0.341 e. The third-order valence-corrected chi connectivity index (χ3v) is 5.14. The molecule has 0 fully saturated rings. The number of sulfonamides is 1. The maximum Gasteiger partial charge on any atom is 0.341 e. The van der Waals surface area contributed by atoms with Gasteiger partial charge in [0.05, 0.1) is 10.5 Å². The standard InChI is InChI=1S/C18H17FN2O5S/c19-15-8-7-13(27(20,24)25)10-14(15)18(23)26-11-17(22)21-9-3-5-12-4-1-2-6-16(12)21/h1-2,4,6-8,10H,3,5,9,11H2,(H2,20,24,25). The zero-order valence-corrected chi connectivity index (χ0v) is 15.0. The molecule has 0 unspecified atom stereocenters. The van der Waals surface area contributed by atoms with Crippen LogP contribution in [0, 0.1) is 5.82 Å². The molecule has 2 aromatic rings. The van der Waals surface area contributed by atoms with Crippen molar-refractivity contribution in [2.75, 3.05) is 18.1 Å². The summed E-state index contributed by atoms with van der Waals surface area (Å²) in [5.41, 5.74) is 1.18. The first-order valence-electron chi connectivity index (χ1n) is 8.15. The highest BCUT2D eigenvalue weighted by atomic mass is 32.2. The Morgan fingerprint density at radius 1 is 1.19 bits per heavy atom. The highest BCUT2D eigenvalue weighted by molar-refractivity contribution is 7.89. The van der Waals surface area contributed by atoms with E-state index in [4.69, 9.17) is 9.88 Å². The summed E-state index contributed by atoms with van der Waals surface area (Å²) in [6.45, 7) is -0.102. The lowest BCUT2D eigenvalue weighted by Gasteiger charge is -2.29. The fourth-order valence-electron chi connectivity index (χ4n) is 2.91. The normalized spacial score (nSPS) is 13.8. The lowest BCUT2D eigenvalue weighted by Crippen LogP contribution is -2.38. The number of para-hydroxylation sites is 1. The molecule has 0 saturated carbocycles. The van der Waals surface area contributed by atoms with Crippen LogP contribution in [0.4, 0.5) is 10.1 Å². The summed E-state index contributed by atoms with van der Waals surface area (Å²) in [5, 5.41) is 4.98. The Kier molecular flexibility index (Phi) is 5.24. The molecule has 7 nitrogen and oxygen atoms in total. The van der Waals surface area contributed by atoms with Gasteiger partial charge in [-0.05, 0) is 42.7 Å². The summed E-state index contributed by atoms with van der Waals surface area (Å²) in [4.78, 5) is 25.6. The first kappa shape index (κ1) is 19.0. The lowest BCUT2D eigenvalue weighted by atomic mass is 10.0. The summed E-state index contributed by atoms with van der Waals surface area (Å²) in [6.07, 6.45) is 1.63. The third kappa shape index (κ3) is 4.15. The molecule has 0 aromatic heterocycles. The number of fused-ring (bicyclic) bond motifs is 1. The summed E-state index contributed by atoms with van der Waals surface area (Å²) in [7, 11) is -4.11. The number of halogens is 1. The van der Waals surface area contributed by atoms with Crippen LogP contribution in [0.15, 0.2) is 47.4 Å². The van der Waals surface area contributed by atoms with Crippen LogP contribution in [0.2, 0.25) is 0 Å². The van der Waals surface area contributed by atoms with E-state index in [-0.39, 0.29) is 0 Å². The molecule has 2 N–H and O–H groups in total. The number of amides is 1. The van der Waals surface area contributed by atoms with Crippen molar-refractivity contribution in [3.05, 3.63) is 59.4 Å². The number of carbonyl (C=O) groups excluding carboxylic acids is 2. The molecule has 9 heteroatoms. The summed E-state index contributed by atoms with van der Waals surface area (Å²) >= 11 is 0. The number of carbonyl (C=O) groups is 2. The number of hydrogen-bond donors (Lipinski definition) is 1. The Labute approximate surface area is 155 Å². The number of hydrogen-bond acceptors (Lipinski definition) is 5. The largest absolute Gasteiger partial charge is 0.452 e. The van der Waals surface area contributed by atoms with E-state index >= 15 is 0 Å². The number of benzene rings is 2. The van der Waals surface area contributed by atoms with Gasteiger partial charge in [0, 0.05) is 12.2 Å². The second kappa shape index (κ2) is 7.45. The van der Waals surface area contributed by atoms with Crippen LogP contribution in [0.1, 0.15) is 22.3 Å². The quantitative estimate of drug-likeness (QED) is 0.796. The minimum Gasteiger partial charge on any atom is -0.452 e. The van der Waals surface area contributed by atoms with Crippen molar-refractivity contribution < 1.29 is 27.1 Å². The van der Waals surface area contributed by atoms with Crippen LogP contribution in [-0.4, -0.2) is 33.4 Å². The van der Waals surface area contributed by atoms with Gasteiger partial charge >= 0.3 is 5.97 Å². The van der Waals surface area contributed by atoms with Gasteiger partial charge < -0.3 is 9.64 Å². The minimum atomic E-state index is -4.11. The van der Waals surface area contributed by atoms with E-state index in [0.717, 1.165) is 42.3 Å². The highest BCUT2D eigenvalue weighted by Gasteiger charge is 2.24. The summed E-state index contributed by atoms with van der Waals surface area (Å²) < 4.78 is 41.5. The molecule has 1 amide bonds. The van der Waals surface area contributed by atoms with Gasteiger partial charge in [-0.1, -0.05) is 18.2 Å². The molecule has 0 saturated heterocycles. The molecule has 0 bridgehead atoms. The molecular formula is C18H17FN2O5S. The lowest BCUT2D eigenvalue weighted by molar-refractivity contribution is -0.121. The predicted octanol–water partition coefficient (Wildman–Crippen LogP) is 1.61. The molecule has 27 heavy (non-hydrogen) atoms. The number of rotatable bonds is 4. The van der Waals surface area contributed by atoms with Crippen LogP contribution >= 0.6 is 0 Å². The van der Waals surface area contributed by atoms with Crippen LogP contribution in [0.5, 0.6) is 0 Å². The number of primary sulfonamides is 1. The Morgan fingerprint density at radius 3 is 2.67 bits per heavy atom. The molecule has 1 aliphatic heterocycles. The second-order valence-electron chi connectivity index (χ2n) is 6.04. The van der Waals surface area contributed by atoms with Crippen molar-refractivity contribution in [1.29, 1.82) is 0 Å². The first-order chi connectivity index (χ1) is 12.8. The predicted molar refractivity (Wildman–Crippen MR) is 95.2 cm³/mol. The molecule has 2 aromatic carbocycles. The zero-order valence-electron chi connectivity index (χ0n) is 14.2. The SMILES string of the molecule is NS(=O)(=O)c1ccc(F)c(C(=O)OCC(=O)N2CCCc3ccccc32)c1. The second-order valence-corrected chi connectivity index (χ2v) is 7.60. The number of anilines is 1.